The largest absolute Gasteiger partial charge is 0.370 e. The van der Waals surface area contributed by atoms with E-state index in [0.29, 0.717) is 13.2 Å². The Kier molecular flexibility index (Phi) is 7.81. The molecule has 0 N–H and O–H groups in total. The molecule has 0 amide bonds. The molecular weight excluding hydrogens is 404 g/mol. The van der Waals surface area contributed by atoms with Gasteiger partial charge in [-0.3, -0.25) is 0 Å². The summed E-state index contributed by atoms with van der Waals surface area (Å²) in [5.41, 5.74) is 2.18. The first-order valence-electron chi connectivity index (χ1n) is 10.9. The van der Waals surface area contributed by atoms with E-state index >= 15 is 0 Å². The smallest absolute Gasteiger partial charge is 0.136 e. The molecule has 0 bridgehead atoms. The Labute approximate surface area is 189 Å². The van der Waals surface area contributed by atoms with Crippen LogP contribution in [0.1, 0.15) is 25.0 Å². The SMILES string of the molecule is CC1O[C@H](Sc2ccccc2)C(OCc2ccccc2)[C@@H](OCc2ccccc2)[C@@H]1C. The fourth-order valence-electron chi connectivity index (χ4n) is 3.82. The lowest BCUT2D eigenvalue weighted by Crippen LogP contribution is -2.53. The van der Waals surface area contributed by atoms with Crippen LogP contribution in [0.15, 0.2) is 95.9 Å². The van der Waals surface area contributed by atoms with Crippen molar-refractivity contribution < 1.29 is 14.2 Å². The standard InChI is InChI=1S/C27H30O3S/c1-20-21(2)30-27(31-24-16-10-5-11-17-24)26(29-19-23-14-8-4-9-15-23)25(20)28-18-22-12-6-3-7-13-22/h3-17,20-21,25-27H,18-19H2,1-2H3/t20-,21?,25+,26?,27-/m1/s1. The summed E-state index contributed by atoms with van der Waals surface area (Å²) in [4.78, 5) is 1.17. The van der Waals surface area contributed by atoms with Crippen molar-refractivity contribution in [3.05, 3.63) is 102 Å². The monoisotopic (exact) mass is 434 g/mol. The molecule has 1 heterocycles. The topological polar surface area (TPSA) is 27.7 Å². The molecule has 0 spiro atoms. The zero-order valence-electron chi connectivity index (χ0n) is 18.1. The Morgan fingerprint density at radius 3 is 1.71 bits per heavy atom. The Bertz CT molecular complexity index is 904. The Balaban J connectivity index is 1.54. The Hall–Kier alpha value is -2.11. The van der Waals surface area contributed by atoms with Crippen molar-refractivity contribution in [1.82, 2.24) is 0 Å². The number of hydrogen-bond acceptors (Lipinski definition) is 4. The van der Waals surface area contributed by atoms with Crippen molar-refractivity contribution in [1.29, 1.82) is 0 Å². The summed E-state index contributed by atoms with van der Waals surface area (Å²) in [5, 5.41) is 0. The van der Waals surface area contributed by atoms with Gasteiger partial charge in [-0.2, -0.15) is 0 Å². The lowest BCUT2D eigenvalue weighted by Gasteiger charge is -2.44. The molecule has 0 aromatic heterocycles. The second-order valence-corrected chi connectivity index (χ2v) is 9.19. The zero-order chi connectivity index (χ0) is 21.5. The number of rotatable bonds is 8. The third kappa shape index (κ3) is 5.98. The highest BCUT2D eigenvalue weighted by atomic mass is 32.2. The van der Waals surface area contributed by atoms with Gasteiger partial charge >= 0.3 is 0 Å². The number of ether oxygens (including phenoxy) is 3. The van der Waals surface area contributed by atoms with Gasteiger partial charge in [-0.05, 0) is 30.2 Å². The normalized spacial score (nSPS) is 25.9. The quantitative estimate of drug-likeness (QED) is 0.414. The van der Waals surface area contributed by atoms with Gasteiger partial charge in [0.25, 0.3) is 0 Å². The summed E-state index contributed by atoms with van der Waals surface area (Å²) in [6, 6.07) is 31.0. The summed E-state index contributed by atoms with van der Waals surface area (Å²) >= 11 is 1.71. The fraction of sp³-hybridized carbons (Fsp3) is 0.333. The van der Waals surface area contributed by atoms with Crippen molar-refractivity contribution in [3.63, 3.8) is 0 Å². The molecule has 0 radical (unpaired) electrons. The van der Waals surface area contributed by atoms with Gasteiger partial charge in [0.1, 0.15) is 11.5 Å². The summed E-state index contributed by atoms with van der Waals surface area (Å²) in [6.07, 6.45) is -0.159. The summed E-state index contributed by atoms with van der Waals surface area (Å²) in [5.74, 6) is 0.220. The average Bonchev–Trinajstić information content (AvgIpc) is 2.81. The molecule has 2 unspecified atom stereocenters. The number of hydrogen-bond donors (Lipinski definition) is 0. The van der Waals surface area contributed by atoms with E-state index in [1.165, 1.54) is 10.5 Å². The Morgan fingerprint density at radius 1 is 0.677 bits per heavy atom. The van der Waals surface area contributed by atoms with Crippen molar-refractivity contribution in [2.45, 2.75) is 55.7 Å². The average molecular weight is 435 g/mol. The molecule has 4 rings (SSSR count). The molecule has 162 valence electrons. The third-order valence-electron chi connectivity index (χ3n) is 5.77. The van der Waals surface area contributed by atoms with E-state index in [4.69, 9.17) is 14.2 Å². The molecule has 0 saturated carbocycles. The molecule has 1 saturated heterocycles. The van der Waals surface area contributed by atoms with Crippen LogP contribution < -0.4 is 0 Å². The molecule has 5 atom stereocenters. The van der Waals surface area contributed by atoms with E-state index in [9.17, 15) is 0 Å². The van der Waals surface area contributed by atoms with E-state index in [1.807, 2.05) is 42.5 Å². The maximum Gasteiger partial charge on any atom is 0.136 e. The summed E-state index contributed by atoms with van der Waals surface area (Å²) in [6.45, 7) is 5.43. The first-order chi connectivity index (χ1) is 15.2. The van der Waals surface area contributed by atoms with Crippen LogP contribution in [0.4, 0.5) is 0 Å². The van der Waals surface area contributed by atoms with Crippen LogP contribution >= 0.6 is 11.8 Å². The van der Waals surface area contributed by atoms with Crippen LogP contribution in [-0.4, -0.2) is 23.7 Å². The third-order valence-corrected chi connectivity index (χ3v) is 6.92. The molecule has 1 fully saturated rings. The first-order valence-corrected chi connectivity index (χ1v) is 11.8. The van der Waals surface area contributed by atoms with Gasteiger partial charge in [0, 0.05) is 10.8 Å². The molecule has 1 aliphatic heterocycles. The molecule has 0 aliphatic carbocycles. The minimum atomic E-state index is -0.180. The molecule has 3 aromatic carbocycles. The minimum absolute atomic E-state index is 0.0612. The van der Waals surface area contributed by atoms with Gasteiger partial charge in [0.2, 0.25) is 0 Å². The van der Waals surface area contributed by atoms with E-state index in [2.05, 4.69) is 62.4 Å². The van der Waals surface area contributed by atoms with Gasteiger partial charge in [0.15, 0.2) is 0 Å². The lowest BCUT2D eigenvalue weighted by molar-refractivity contribution is -0.204. The highest BCUT2D eigenvalue weighted by Crippen LogP contribution is 2.38. The zero-order valence-corrected chi connectivity index (χ0v) is 18.9. The van der Waals surface area contributed by atoms with Crippen LogP contribution in [0.3, 0.4) is 0 Å². The van der Waals surface area contributed by atoms with Crippen LogP contribution in [0.25, 0.3) is 0 Å². The Morgan fingerprint density at radius 2 is 1.16 bits per heavy atom. The van der Waals surface area contributed by atoms with Gasteiger partial charge in [0.05, 0.1) is 25.4 Å². The maximum atomic E-state index is 6.50. The van der Waals surface area contributed by atoms with E-state index in [1.54, 1.807) is 11.8 Å². The number of thioether (sulfide) groups is 1. The highest BCUT2D eigenvalue weighted by molar-refractivity contribution is 7.99. The molecule has 31 heavy (non-hydrogen) atoms. The highest BCUT2D eigenvalue weighted by Gasteiger charge is 2.44. The fourth-order valence-corrected chi connectivity index (χ4v) is 5.00. The van der Waals surface area contributed by atoms with Gasteiger partial charge in [-0.15, -0.1) is 0 Å². The van der Waals surface area contributed by atoms with Crippen molar-refractivity contribution >= 4 is 11.8 Å². The minimum Gasteiger partial charge on any atom is -0.370 e. The first kappa shape index (κ1) is 22.1. The van der Waals surface area contributed by atoms with Crippen molar-refractivity contribution in [3.8, 4) is 0 Å². The van der Waals surface area contributed by atoms with Crippen LogP contribution in [-0.2, 0) is 27.4 Å². The van der Waals surface area contributed by atoms with Gasteiger partial charge in [-0.1, -0.05) is 97.5 Å². The molecule has 1 aliphatic rings. The van der Waals surface area contributed by atoms with Crippen LogP contribution in [0, 0.1) is 5.92 Å². The van der Waals surface area contributed by atoms with Crippen molar-refractivity contribution in [2.75, 3.05) is 0 Å². The summed E-state index contributed by atoms with van der Waals surface area (Å²) < 4.78 is 19.4. The number of benzene rings is 3. The molecule has 3 nitrogen and oxygen atoms in total. The van der Waals surface area contributed by atoms with Gasteiger partial charge < -0.3 is 14.2 Å². The maximum absolute atomic E-state index is 6.50. The molecule has 4 heteroatoms. The predicted octanol–water partition coefficient (Wildman–Crippen LogP) is 6.33. The lowest BCUT2D eigenvalue weighted by atomic mass is 9.92. The molecular formula is C27H30O3S. The van der Waals surface area contributed by atoms with Gasteiger partial charge in [-0.25, -0.2) is 0 Å². The molecule has 3 aromatic rings. The second-order valence-electron chi connectivity index (χ2n) is 8.02. The van der Waals surface area contributed by atoms with E-state index in [0.717, 1.165) is 5.56 Å². The summed E-state index contributed by atoms with van der Waals surface area (Å²) in [7, 11) is 0. The van der Waals surface area contributed by atoms with E-state index < -0.39 is 0 Å². The van der Waals surface area contributed by atoms with Crippen LogP contribution in [0.2, 0.25) is 0 Å². The second kappa shape index (κ2) is 11.0. The van der Waals surface area contributed by atoms with Crippen molar-refractivity contribution in [2.24, 2.45) is 5.92 Å². The predicted molar refractivity (Wildman–Crippen MR) is 126 cm³/mol. The van der Waals surface area contributed by atoms with E-state index in [-0.39, 0.29) is 29.7 Å². The van der Waals surface area contributed by atoms with Crippen LogP contribution in [0.5, 0.6) is 0 Å².